The van der Waals surface area contributed by atoms with E-state index in [1.165, 1.54) is 12.8 Å². The number of piperazine rings is 1. The summed E-state index contributed by atoms with van der Waals surface area (Å²) in [6.07, 6.45) is 4.61. The first kappa shape index (κ1) is 25.7. The lowest BCUT2D eigenvalue weighted by Gasteiger charge is -2.35. The second-order valence-electron chi connectivity index (χ2n) is 8.00. The van der Waals surface area contributed by atoms with Crippen LogP contribution in [-0.2, 0) is 4.79 Å². The molecule has 3 rings (SSSR count). The topological polar surface area (TPSA) is 69.2 Å². The first-order chi connectivity index (χ1) is 14.8. The number of hydrogen-bond acceptors (Lipinski definition) is 4. The van der Waals surface area contributed by atoms with Gasteiger partial charge in [0.25, 0.3) is 0 Å². The number of nitrogens with zero attached hydrogens (tertiary/aromatic N) is 3. The summed E-state index contributed by atoms with van der Waals surface area (Å²) in [5.74, 6) is 2.39. The number of carbonyl (C=O) groups is 1. The van der Waals surface area contributed by atoms with Crippen LogP contribution in [0.4, 0.5) is 0 Å². The number of guanidine groups is 1. The minimum Gasteiger partial charge on any atom is -0.492 e. The minimum atomic E-state index is 0. The van der Waals surface area contributed by atoms with Crippen LogP contribution in [0.15, 0.2) is 35.3 Å². The Morgan fingerprint density at radius 1 is 1.10 bits per heavy atom. The summed E-state index contributed by atoms with van der Waals surface area (Å²) in [7, 11) is 0. The maximum absolute atomic E-state index is 12.6. The summed E-state index contributed by atoms with van der Waals surface area (Å²) in [6, 6.07) is 9.84. The van der Waals surface area contributed by atoms with Crippen molar-refractivity contribution < 1.29 is 9.53 Å². The average Bonchev–Trinajstić information content (AvgIpc) is 3.32. The van der Waals surface area contributed by atoms with E-state index < -0.39 is 0 Å². The standard InChI is InChI=1S/C23H37N5O2.HI/c1-2-24-23(26-13-19-30-21-10-4-3-5-11-21)25-12-14-27-15-17-28(18-16-27)22(29)20-8-6-7-9-20;/h3-5,10-11,20H,2,6-9,12-19H2,1H3,(H2,24,25,26);1H. The molecule has 0 bridgehead atoms. The van der Waals surface area contributed by atoms with Crippen molar-refractivity contribution in [2.45, 2.75) is 32.6 Å². The number of benzene rings is 1. The Morgan fingerprint density at radius 2 is 1.81 bits per heavy atom. The Hall–Kier alpha value is -1.55. The number of carbonyl (C=O) groups excluding carboxylic acids is 1. The van der Waals surface area contributed by atoms with Gasteiger partial charge in [0, 0.05) is 45.2 Å². The molecule has 0 unspecified atom stereocenters. The molecule has 1 amide bonds. The summed E-state index contributed by atoms with van der Waals surface area (Å²) in [6.45, 7) is 9.45. The van der Waals surface area contributed by atoms with Gasteiger partial charge in [0.05, 0.1) is 13.1 Å². The lowest BCUT2D eigenvalue weighted by Crippen LogP contribution is -2.50. The summed E-state index contributed by atoms with van der Waals surface area (Å²) in [5.41, 5.74) is 0. The van der Waals surface area contributed by atoms with Crippen LogP contribution >= 0.6 is 24.0 Å². The Kier molecular flexibility index (Phi) is 12.0. The lowest BCUT2D eigenvalue weighted by molar-refractivity contribution is -0.137. The SMILES string of the molecule is CCNC(=NCCN1CCN(C(=O)C2CCCC2)CC1)NCCOc1ccccc1.I. The molecule has 1 aliphatic heterocycles. The van der Waals surface area contributed by atoms with Gasteiger partial charge in [-0.3, -0.25) is 14.7 Å². The van der Waals surface area contributed by atoms with Crippen molar-refractivity contribution in [2.75, 3.05) is 59.0 Å². The van der Waals surface area contributed by atoms with Crippen LogP contribution in [0.3, 0.4) is 0 Å². The van der Waals surface area contributed by atoms with E-state index in [9.17, 15) is 4.79 Å². The van der Waals surface area contributed by atoms with Gasteiger partial charge < -0.3 is 20.3 Å². The smallest absolute Gasteiger partial charge is 0.225 e. The molecule has 1 saturated carbocycles. The molecule has 0 atom stereocenters. The second-order valence-corrected chi connectivity index (χ2v) is 8.00. The predicted molar refractivity (Wildman–Crippen MR) is 136 cm³/mol. The van der Waals surface area contributed by atoms with Crippen molar-refractivity contribution >= 4 is 35.8 Å². The molecule has 2 fully saturated rings. The third-order valence-electron chi connectivity index (χ3n) is 5.83. The first-order valence-corrected chi connectivity index (χ1v) is 11.5. The van der Waals surface area contributed by atoms with Gasteiger partial charge in [-0.25, -0.2) is 0 Å². The summed E-state index contributed by atoms with van der Waals surface area (Å²) < 4.78 is 5.71. The van der Waals surface area contributed by atoms with Crippen molar-refractivity contribution in [3.63, 3.8) is 0 Å². The molecule has 2 N–H and O–H groups in total. The van der Waals surface area contributed by atoms with Gasteiger partial charge in [0.1, 0.15) is 12.4 Å². The molecule has 7 nitrogen and oxygen atoms in total. The van der Waals surface area contributed by atoms with Gasteiger partial charge in [-0.2, -0.15) is 0 Å². The van der Waals surface area contributed by atoms with Crippen LogP contribution in [0.1, 0.15) is 32.6 Å². The quantitative estimate of drug-likeness (QED) is 0.217. The molecule has 0 aromatic heterocycles. The third kappa shape index (κ3) is 8.84. The molecular formula is C23H38IN5O2. The van der Waals surface area contributed by atoms with Gasteiger partial charge in [-0.1, -0.05) is 31.0 Å². The zero-order chi connectivity index (χ0) is 21.0. The number of hydrogen-bond donors (Lipinski definition) is 2. The Morgan fingerprint density at radius 3 is 2.48 bits per heavy atom. The normalized spacial score (nSPS) is 17.8. The minimum absolute atomic E-state index is 0. The lowest BCUT2D eigenvalue weighted by atomic mass is 10.1. The van der Waals surface area contributed by atoms with E-state index in [0.29, 0.717) is 25.0 Å². The predicted octanol–water partition coefficient (Wildman–Crippen LogP) is 2.57. The van der Waals surface area contributed by atoms with E-state index in [1.54, 1.807) is 0 Å². The maximum atomic E-state index is 12.6. The van der Waals surface area contributed by atoms with E-state index in [2.05, 4.69) is 32.3 Å². The number of nitrogens with one attached hydrogen (secondary N) is 2. The van der Waals surface area contributed by atoms with Crippen molar-refractivity contribution in [3.8, 4) is 5.75 Å². The summed E-state index contributed by atoms with van der Waals surface area (Å²) >= 11 is 0. The molecular weight excluding hydrogens is 505 g/mol. The van der Waals surface area contributed by atoms with Gasteiger partial charge in [-0.15, -0.1) is 24.0 Å². The zero-order valence-electron chi connectivity index (χ0n) is 18.7. The number of amides is 1. The van der Waals surface area contributed by atoms with Crippen molar-refractivity contribution in [3.05, 3.63) is 30.3 Å². The molecule has 0 radical (unpaired) electrons. The molecule has 1 aromatic rings. The van der Waals surface area contributed by atoms with Crippen LogP contribution < -0.4 is 15.4 Å². The Labute approximate surface area is 204 Å². The molecule has 1 heterocycles. The second kappa shape index (κ2) is 14.5. The maximum Gasteiger partial charge on any atom is 0.225 e. The highest BCUT2D eigenvalue weighted by Crippen LogP contribution is 2.26. The van der Waals surface area contributed by atoms with E-state index in [0.717, 1.165) is 70.4 Å². The third-order valence-corrected chi connectivity index (χ3v) is 5.83. The highest BCUT2D eigenvalue weighted by Gasteiger charge is 2.29. The molecule has 174 valence electrons. The number of aliphatic imine (C=N–C) groups is 1. The molecule has 1 aliphatic carbocycles. The fraction of sp³-hybridized carbons (Fsp3) is 0.652. The van der Waals surface area contributed by atoms with Gasteiger partial charge in [0.2, 0.25) is 5.91 Å². The Bertz CT molecular complexity index is 659. The van der Waals surface area contributed by atoms with E-state index in [1.807, 2.05) is 30.3 Å². The molecule has 31 heavy (non-hydrogen) atoms. The Balaban J connectivity index is 0.00000341. The summed E-state index contributed by atoms with van der Waals surface area (Å²) in [4.78, 5) is 21.7. The van der Waals surface area contributed by atoms with Crippen LogP contribution in [0.5, 0.6) is 5.75 Å². The first-order valence-electron chi connectivity index (χ1n) is 11.5. The van der Waals surface area contributed by atoms with Crippen molar-refractivity contribution in [2.24, 2.45) is 10.9 Å². The molecule has 1 saturated heterocycles. The van der Waals surface area contributed by atoms with Gasteiger partial charge in [0.15, 0.2) is 5.96 Å². The van der Waals surface area contributed by atoms with Crippen LogP contribution in [0, 0.1) is 5.92 Å². The fourth-order valence-electron chi connectivity index (χ4n) is 4.12. The monoisotopic (exact) mass is 543 g/mol. The largest absolute Gasteiger partial charge is 0.492 e. The van der Waals surface area contributed by atoms with Crippen molar-refractivity contribution in [1.29, 1.82) is 0 Å². The fourth-order valence-corrected chi connectivity index (χ4v) is 4.12. The average molecular weight is 543 g/mol. The zero-order valence-corrected chi connectivity index (χ0v) is 21.1. The molecule has 0 spiro atoms. The number of para-hydroxylation sites is 1. The van der Waals surface area contributed by atoms with Crippen LogP contribution in [-0.4, -0.2) is 80.6 Å². The number of rotatable bonds is 9. The van der Waals surface area contributed by atoms with E-state index in [-0.39, 0.29) is 24.0 Å². The summed E-state index contributed by atoms with van der Waals surface area (Å²) in [5, 5.41) is 6.61. The van der Waals surface area contributed by atoms with Gasteiger partial charge in [-0.05, 0) is 31.9 Å². The highest BCUT2D eigenvalue weighted by molar-refractivity contribution is 14.0. The molecule has 1 aromatic carbocycles. The molecule has 8 heteroatoms. The van der Waals surface area contributed by atoms with E-state index >= 15 is 0 Å². The van der Waals surface area contributed by atoms with Gasteiger partial charge >= 0.3 is 0 Å². The van der Waals surface area contributed by atoms with Crippen LogP contribution in [0.2, 0.25) is 0 Å². The van der Waals surface area contributed by atoms with Crippen molar-refractivity contribution in [1.82, 2.24) is 20.4 Å². The number of halogens is 1. The molecule has 2 aliphatic rings. The highest BCUT2D eigenvalue weighted by atomic mass is 127. The van der Waals surface area contributed by atoms with Crippen LogP contribution in [0.25, 0.3) is 0 Å². The number of ether oxygens (including phenoxy) is 1. The van der Waals surface area contributed by atoms with E-state index in [4.69, 9.17) is 4.74 Å².